The molecule has 0 aliphatic rings. The van der Waals surface area contributed by atoms with Gasteiger partial charge < -0.3 is 13.9 Å². The lowest BCUT2D eigenvalue weighted by Gasteiger charge is -2.09. The molecule has 3 heterocycles. The van der Waals surface area contributed by atoms with Crippen molar-refractivity contribution < 1.29 is 13.9 Å². The summed E-state index contributed by atoms with van der Waals surface area (Å²) < 4.78 is 21.5. The Morgan fingerprint density at radius 3 is 2.74 bits per heavy atom. The molecule has 27 heavy (non-hydrogen) atoms. The lowest BCUT2D eigenvalue weighted by Crippen LogP contribution is -1.95. The highest BCUT2D eigenvalue weighted by Gasteiger charge is 2.13. The van der Waals surface area contributed by atoms with Crippen LogP contribution in [0.4, 0.5) is 4.39 Å². The first kappa shape index (κ1) is 15.8. The maximum atomic E-state index is 14.0. The van der Waals surface area contributed by atoms with Gasteiger partial charge in [-0.25, -0.2) is 9.37 Å². The number of rotatable bonds is 3. The number of hydrogen-bond donors (Lipinski definition) is 1. The minimum atomic E-state index is -0.411. The second-order valence-electron chi connectivity index (χ2n) is 6.38. The summed E-state index contributed by atoms with van der Waals surface area (Å²) in [6, 6.07) is 16.4. The number of para-hydroxylation sites is 1. The van der Waals surface area contributed by atoms with Gasteiger partial charge in [-0.05, 0) is 35.4 Å². The number of aliphatic hydroxyl groups excluding tert-OH is 1. The van der Waals surface area contributed by atoms with Crippen LogP contribution in [-0.2, 0) is 6.61 Å². The van der Waals surface area contributed by atoms with Gasteiger partial charge in [0.1, 0.15) is 23.3 Å². The van der Waals surface area contributed by atoms with Crippen LogP contribution >= 0.6 is 0 Å². The number of fused-ring (bicyclic) bond motifs is 2. The molecular weight excluding hydrogens is 343 g/mol. The Kier molecular flexibility index (Phi) is 3.55. The number of aliphatic hydroxyl groups is 1. The van der Waals surface area contributed by atoms with Gasteiger partial charge in [-0.1, -0.05) is 30.3 Å². The molecule has 1 N–H and O–H groups in total. The number of pyridine rings is 1. The molecule has 0 saturated heterocycles. The van der Waals surface area contributed by atoms with Crippen molar-refractivity contribution in [1.82, 2.24) is 9.38 Å². The molecule has 0 radical (unpaired) electrons. The standard InChI is InChI=1S/C22H15FN2O2/c23-19-6-3-5-15(17(19)12-26)14-8-9-22-24-20(11-25(22)10-14)18-13-27-21-7-2-1-4-16(18)21/h1-11,13,26H,12H2. The summed E-state index contributed by atoms with van der Waals surface area (Å²) >= 11 is 0. The molecule has 0 atom stereocenters. The number of benzene rings is 2. The lowest BCUT2D eigenvalue weighted by molar-refractivity contribution is 0.276. The highest BCUT2D eigenvalue weighted by atomic mass is 19.1. The van der Waals surface area contributed by atoms with E-state index in [2.05, 4.69) is 4.98 Å². The molecule has 0 spiro atoms. The van der Waals surface area contributed by atoms with Gasteiger partial charge >= 0.3 is 0 Å². The zero-order chi connectivity index (χ0) is 18.4. The normalized spacial score (nSPS) is 11.5. The van der Waals surface area contributed by atoms with E-state index in [0.29, 0.717) is 5.56 Å². The number of halogens is 1. The Labute approximate surface area is 154 Å². The van der Waals surface area contributed by atoms with E-state index in [0.717, 1.165) is 33.4 Å². The third kappa shape index (κ3) is 2.52. The average Bonchev–Trinajstić information content (AvgIpc) is 3.30. The SMILES string of the molecule is OCc1c(F)cccc1-c1ccc2nc(-c3coc4ccccc34)cn2c1. The van der Waals surface area contributed by atoms with E-state index in [-0.39, 0.29) is 12.2 Å². The van der Waals surface area contributed by atoms with Crippen LogP contribution in [0.1, 0.15) is 5.56 Å². The van der Waals surface area contributed by atoms with E-state index in [4.69, 9.17) is 4.42 Å². The van der Waals surface area contributed by atoms with E-state index in [1.54, 1.807) is 18.4 Å². The molecule has 5 aromatic rings. The summed E-state index contributed by atoms with van der Waals surface area (Å²) in [6.45, 7) is -0.351. The number of nitrogens with zero attached hydrogens (tertiary/aromatic N) is 2. The Hall–Kier alpha value is -3.44. The van der Waals surface area contributed by atoms with Gasteiger partial charge in [-0.2, -0.15) is 0 Å². The second-order valence-corrected chi connectivity index (χ2v) is 6.38. The Morgan fingerprint density at radius 2 is 1.85 bits per heavy atom. The van der Waals surface area contributed by atoms with Gasteiger partial charge in [-0.15, -0.1) is 0 Å². The zero-order valence-corrected chi connectivity index (χ0v) is 14.3. The van der Waals surface area contributed by atoms with Crippen molar-refractivity contribution in [3.63, 3.8) is 0 Å². The minimum absolute atomic E-state index is 0.290. The molecule has 0 aliphatic heterocycles. The fourth-order valence-electron chi connectivity index (χ4n) is 3.45. The third-order valence-electron chi connectivity index (χ3n) is 4.80. The van der Waals surface area contributed by atoms with E-state index in [1.807, 2.05) is 53.2 Å². The van der Waals surface area contributed by atoms with Crippen molar-refractivity contribution in [3.8, 4) is 22.4 Å². The molecule has 4 nitrogen and oxygen atoms in total. The summed E-state index contributed by atoms with van der Waals surface area (Å²) in [4.78, 5) is 4.68. The zero-order valence-electron chi connectivity index (χ0n) is 14.3. The molecule has 3 aromatic heterocycles. The van der Waals surface area contributed by atoms with E-state index in [1.165, 1.54) is 6.07 Å². The molecule has 0 saturated carbocycles. The Morgan fingerprint density at radius 1 is 0.963 bits per heavy atom. The van der Waals surface area contributed by atoms with Crippen LogP contribution in [0.3, 0.4) is 0 Å². The van der Waals surface area contributed by atoms with E-state index >= 15 is 0 Å². The minimum Gasteiger partial charge on any atom is -0.464 e. The lowest BCUT2D eigenvalue weighted by atomic mass is 10.0. The predicted molar refractivity (Wildman–Crippen MR) is 102 cm³/mol. The maximum absolute atomic E-state index is 14.0. The van der Waals surface area contributed by atoms with Gasteiger partial charge in [0.25, 0.3) is 0 Å². The highest BCUT2D eigenvalue weighted by molar-refractivity contribution is 5.93. The molecule has 5 heteroatoms. The molecule has 2 aromatic carbocycles. The molecule has 132 valence electrons. The molecule has 0 fully saturated rings. The summed E-state index contributed by atoms with van der Waals surface area (Å²) in [5.74, 6) is -0.411. The largest absolute Gasteiger partial charge is 0.464 e. The number of furan rings is 1. The van der Waals surface area contributed by atoms with Crippen molar-refractivity contribution in [2.75, 3.05) is 0 Å². The summed E-state index contributed by atoms with van der Waals surface area (Å²) in [5, 5.41) is 10.5. The summed E-state index contributed by atoms with van der Waals surface area (Å²) in [7, 11) is 0. The van der Waals surface area contributed by atoms with Crippen molar-refractivity contribution >= 4 is 16.6 Å². The maximum Gasteiger partial charge on any atom is 0.137 e. The van der Waals surface area contributed by atoms with Crippen molar-refractivity contribution in [1.29, 1.82) is 0 Å². The summed E-state index contributed by atoms with van der Waals surface area (Å²) in [5.41, 5.74) is 5.10. The smallest absolute Gasteiger partial charge is 0.137 e. The summed E-state index contributed by atoms with van der Waals surface area (Å²) in [6.07, 6.45) is 5.53. The molecular formula is C22H15FN2O2. The molecule has 0 amide bonds. The van der Waals surface area contributed by atoms with Crippen LogP contribution in [-0.4, -0.2) is 14.5 Å². The molecule has 0 bridgehead atoms. The van der Waals surface area contributed by atoms with Gasteiger partial charge in [0, 0.05) is 28.9 Å². The van der Waals surface area contributed by atoms with Crippen molar-refractivity contribution in [2.24, 2.45) is 0 Å². The molecule has 0 unspecified atom stereocenters. The molecule has 0 aliphatic carbocycles. The first-order valence-corrected chi connectivity index (χ1v) is 8.58. The van der Waals surface area contributed by atoms with E-state index in [9.17, 15) is 9.50 Å². The highest BCUT2D eigenvalue weighted by Crippen LogP contribution is 2.31. The van der Waals surface area contributed by atoms with Crippen LogP contribution in [0, 0.1) is 5.82 Å². The second kappa shape index (κ2) is 6.07. The van der Waals surface area contributed by atoms with Gasteiger partial charge in [0.05, 0.1) is 12.3 Å². The van der Waals surface area contributed by atoms with Gasteiger partial charge in [0.2, 0.25) is 0 Å². The number of aromatic nitrogens is 2. The fourth-order valence-corrected chi connectivity index (χ4v) is 3.45. The Balaban J connectivity index is 1.65. The third-order valence-corrected chi connectivity index (χ3v) is 4.80. The van der Waals surface area contributed by atoms with Gasteiger partial charge in [-0.3, -0.25) is 0 Å². The monoisotopic (exact) mass is 358 g/mol. The van der Waals surface area contributed by atoms with E-state index < -0.39 is 5.82 Å². The average molecular weight is 358 g/mol. The first-order chi connectivity index (χ1) is 13.2. The van der Waals surface area contributed by atoms with Crippen LogP contribution < -0.4 is 0 Å². The number of imidazole rings is 1. The topological polar surface area (TPSA) is 50.7 Å². The van der Waals surface area contributed by atoms with Crippen molar-refractivity contribution in [3.05, 3.63) is 84.6 Å². The number of hydrogen-bond acceptors (Lipinski definition) is 3. The first-order valence-electron chi connectivity index (χ1n) is 8.58. The van der Waals surface area contributed by atoms with Gasteiger partial charge in [0.15, 0.2) is 0 Å². The van der Waals surface area contributed by atoms with Crippen LogP contribution in [0.5, 0.6) is 0 Å². The van der Waals surface area contributed by atoms with Crippen LogP contribution in [0.15, 0.2) is 77.7 Å². The molecule has 5 rings (SSSR count). The quantitative estimate of drug-likeness (QED) is 0.491. The van der Waals surface area contributed by atoms with Crippen LogP contribution in [0.25, 0.3) is 39.0 Å². The Bertz CT molecular complexity index is 1290. The van der Waals surface area contributed by atoms with Crippen molar-refractivity contribution in [2.45, 2.75) is 6.61 Å². The van der Waals surface area contributed by atoms with Crippen LogP contribution in [0.2, 0.25) is 0 Å². The predicted octanol–water partition coefficient (Wildman–Crippen LogP) is 5.05. The fraction of sp³-hybridized carbons (Fsp3) is 0.0455.